The molecular formula is C30H30F2N2O4. The van der Waals surface area contributed by atoms with Crippen LogP contribution in [0.1, 0.15) is 41.6 Å². The van der Waals surface area contributed by atoms with Gasteiger partial charge in [0.15, 0.2) is 11.6 Å². The van der Waals surface area contributed by atoms with Crippen LogP contribution in [-0.4, -0.2) is 41.9 Å². The third kappa shape index (κ3) is 5.36. The zero-order chi connectivity index (χ0) is 26.6. The van der Waals surface area contributed by atoms with Gasteiger partial charge in [-0.2, -0.15) is 4.39 Å². The highest BCUT2D eigenvalue weighted by Crippen LogP contribution is 2.33. The summed E-state index contributed by atoms with van der Waals surface area (Å²) in [6.45, 7) is -0.260. The van der Waals surface area contributed by atoms with Crippen LogP contribution in [0.3, 0.4) is 0 Å². The first-order chi connectivity index (χ1) is 18.5. The van der Waals surface area contributed by atoms with E-state index in [2.05, 4.69) is 10.3 Å². The number of aromatic nitrogens is 1. The number of amides is 1. The van der Waals surface area contributed by atoms with Crippen molar-refractivity contribution < 1.29 is 28.2 Å². The standard InChI is InChI=1S/C30H30F2N2O4/c1-37-28-15-19(14-25(31)29(28)32)18-10-11-27(38-22-6-2-3-7-22)24(13-18)30(36)34-21(17-35)12-20-16-33-26-9-5-4-8-23(20)26/h4-5,8-11,13-16,21-22,33,35H,2-3,6-7,12,17H2,1H3,(H,34,36)/t21-/m1/s1. The van der Waals surface area contributed by atoms with Crippen LogP contribution in [0.2, 0.25) is 0 Å². The van der Waals surface area contributed by atoms with E-state index >= 15 is 0 Å². The first-order valence-corrected chi connectivity index (χ1v) is 12.8. The zero-order valence-electron chi connectivity index (χ0n) is 21.1. The molecule has 38 heavy (non-hydrogen) atoms. The summed E-state index contributed by atoms with van der Waals surface area (Å²) in [4.78, 5) is 16.8. The van der Waals surface area contributed by atoms with Crippen molar-refractivity contribution in [2.75, 3.05) is 13.7 Å². The quantitative estimate of drug-likeness (QED) is 0.261. The molecule has 1 fully saturated rings. The molecule has 4 aromatic rings. The fourth-order valence-electron chi connectivity index (χ4n) is 5.04. The van der Waals surface area contributed by atoms with E-state index in [0.29, 0.717) is 23.3 Å². The van der Waals surface area contributed by atoms with Gasteiger partial charge < -0.3 is 24.9 Å². The monoisotopic (exact) mass is 520 g/mol. The van der Waals surface area contributed by atoms with Crippen molar-refractivity contribution in [2.45, 2.75) is 44.2 Å². The Morgan fingerprint density at radius 2 is 1.87 bits per heavy atom. The normalized spacial score (nSPS) is 14.5. The van der Waals surface area contributed by atoms with E-state index in [0.717, 1.165) is 48.2 Å². The van der Waals surface area contributed by atoms with Crippen molar-refractivity contribution in [1.82, 2.24) is 10.3 Å². The highest BCUT2D eigenvalue weighted by atomic mass is 19.2. The first kappa shape index (κ1) is 25.7. The number of aliphatic hydroxyl groups excluding tert-OH is 1. The van der Waals surface area contributed by atoms with Gasteiger partial charge in [-0.05, 0) is 79.1 Å². The van der Waals surface area contributed by atoms with Gasteiger partial charge in [0.25, 0.3) is 5.91 Å². The van der Waals surface area contributed by atoms with Crippen LogP contribution < -0.4 is 14.8 Å². The Hall–Kier alpha value is -3.91. The fourth-order valence-corrected chi connectivity index (χ4v) is 5.04. The summed E-state index contributed by atoms with van der Waals surface area (Å²) in [5.41, 5.74) is 3.08. The number of rotatable bonds is 9. The van der Waals surface area contributed by atoms with Crippen LogP contribution in [0.4, 0.5) is 8.78 Å². The lowest BCUT2D eigenvalue weighted by molar-refractivity contribution is 0.0909. The van der Waals surface area contributed by atoms with E-state index in [1.165, 1.54) is 13.2 Å². The summed E-state index contributed by atoms with van der Waals surface area (Å²) in [5, 5.41) is 14.1. The molecular weight excluding hydrogens is 490 g/mol. The van der Waals surface area contributed by atoms with Gasteiger partial charge in [-0.25, -0.2) is 4.39 Å². The maximum atomic E-state index is 14.2. The summed E-state index contributed by atoms with van der Waals surface area (Å²) >= 11 is 0. The summed E-state index contributed by atoms with van der Waals surface area (Å²) in [5.74, 6) is -2.35. The van der Waals surface area contributed by atoms with Gasteiger partial charge in [0.2, 0.25) is 5.82 Å². The van der Waals surface area contributed by atoms with E-state index in [9.17, 15) is 18.7 Å². The molecule has 198 valence electrons. The van der Waals surface area contributed by atoms with Crippen LogP contribution in [0, 0.1) is 11.6 Å². The lowest BCUT2D eigenvalue weighted by atomic mass is 10.0. The number of hydrogen-bond donors (Lipinski definition) is 3. The Labute approximate surface area is 219 Å². The number of fused-ring (bicyclic) bond motifs is 1. The molecule has 1 amide bonds. The Morgan fingerprint density at radius 1 is 1.08 bits per heavy atom. The van der Waals surface area contributed by atoms with Gasteiger partial charge in [0.1, 0.15) is 5.75 Å². The summed E-state index contributed by atoms with van der Waals surface area (Å²) < 4.78 is 39.4. The molecule has 3 aromatic carbocycles. The Morgan fingerprint density at radius 3 is 2.63 bits per heavy atom. The topological polar surface area (TPSA) is 83.6 Å². The Balaban J connectivity index is 1.45. The molecule has 1 saturated carbocycles. The number of methoxy groups -OCH3 is 1. The molecule has 1 atom stereocenters. The number of benzene rings is 3. The van der Waals surface area contributed by atoms with E-state index in [4.69, 9.17) is 9.47 Å². The average Bonchev–Trinajstić information content (AvgIpc) is 3.60. The van der Waals surface area contributed by atoms with E-state index in [-0.39, 0.29) is 24.0 Å². The maximum Gasteiger partial charge on any atom is 0.255 e. The Bertz CT molecular complexity index is 1450. The molecule has 0 bridgehead atoms. The molecule has 1 aliphatic carbocycles. The Kier molecular flexibility index (Phi) is 7.60. The van der Waals surface area contributed by atoms with Gasteiger partial charge >= 0.3 is 0 Å². The van der Waals surface area contributed by atoms with Gasteiger partial charge in [-0.15, -0.1) is 0 Å². The number of aliphatic hydroxyl groups is 1. The molecule has 0 aliphatic heterocycles. The van der Waals surface area contributed by atoms with E-state index in [1.807, 2.05) is 30.5 Å². The predicted molar refractivity (Wildman–Crippen MR) is 142 cm³/mol. The molecule has 6 nitrogen and oxygen atoms in total. The highest BCUT2D eigenvalue weighted by Gasteiger charge is 2.23. The summed E-state index contributed by atoms with van der Waals surface area (Å²) in [6, 6.07) is 14.8. The minimum atomic E-state index is -1.07. The molecule has 5 rings (SSSR count). The minimum Gasteiger partial charge on any atom is -0.494 e. The second-order valence-electron chi connectivity index (χ2n) is 9.63. The molecule has 0 radical (unpaired) electrons. The lowest BCUT2D eigenvalue weighted by Crippen LogP contribution is -2.39. The van der Waals surface area contributed by atoms with Crippen LogP contribution in [0.5, 0.6) is 11.5 Å². The van der Waals surface area contributed by atoms with Gasteiger partial charge in [-0.3, -0.25) is 4.79 Å². The number of H-pyrrole nitrogens is 1. The number of carbonyl (C=O) groups excluding carboxylic acids is 1. The second-order valence-corrected chi connectivity index (χ2v) is 9.63. The maximum absolute atomic E-state index is 14.2. The smallest absolute Gasteiger partial charge is 0.255 e. The largest absolute Gasteiger partial charge is 0.494 e. The number of carbonyl (C=O) groups is 1. The van der Waals surface area contributed by atoms with Crippen molar-refractivity contribution in [2.24, 2.45) is 0 Å². The third-order valence-electron chi connectivity index (χ3n) is 7.06. The molecule has 3 N–H and O–H groups in total. The number of hydrogen-bond acceptors (Lipinski definition) is 4. The summed E-state index contributed by atoms with van der Waals surface area (Å²) in [6.07, 6.45) is 6.25. The number of aromatic amines is 1. The van der Waals surface area contributed by atoms with Crippen molar-refractivity contribution in [3.63, 3.8) is 0 Å². The van der Waals surface area contributed by atoms with Crippen LogP contribution in [-0.2, 0) is 6.42 Å². The zero-order valence-corrected chi connectivity index (χ0v) is 21.1. The van der Waals surface area contributed by atoms with Crippen LogP contribution in [0.15, 0.2) is 60.8 Å². The van der Waals surface area contributed by atoms with Crippen molar-refractivity contribution in [3.8, 4) is 22.6 Å². The first-order valence-electron chi connectivity index (χ1n) is 12.8. The SMILES string of the molecule is COc1cc(-c2ccc(OC3CCCC3)c(C(=O)N[C@@H](CO)Cc3c[nH]c4ccccc34)c2)cc(F)c1F. The van der Waals surface area contributed by atoms with Crippen LogP contribution in [0.25, 0.3) is 22.0 Å². The molecule has 0 unspecified atom stereocenters. The van der Waals surface area contributed by atoms with E-state index in [1.54, 1.807) is 18.2 Å². The molecule has 1 aliphatic rings. The molecule has 0 spiro atoms. The highest BCUT2D eigenvalue weighted by molar-refractivity contribution is 5.98. The molecule has 1 aromatic heterocycles. The number of nitrogens with one attached hydrogen (secondary N) is 2. The second kappa shape index (κ2) is 11.2. The minimum absolute atomic E-state index is 0.00983. The molecule has 1 heterocycles. The summed E-state index contributed by atoms with van der Waals surface area (Å²) in [7, 11) is 1.27. The van der Waals surface area contributed by atoms with Gasteiger partial charge in [0.05, 0.1) is 31.4 Å². The van der Waals surface area contributed by atoms with Gasteiger partial charge in [-0.1, -0.05) is 24.3 Å². The van der Waals surface area contributed by atoms with Crippen molar-refractivity contribution in [3.05, 3.63) is 83.6 Å². The third-order valence-corrected chi connectivity index (χ3v) is 7.06. The van der Waals surface area contributed by atoms with E-state index < -0.39 is 23.6 Å². The lowest BCUT2D eigenvalue weighted by Gasteiger charge is -2.20. The fraction of sp³-hybridized carbons (Fsp3) is 0.300. The van der Waals surface area contributed by atoms with Crippen LogP contribution >= 0.6 is 0 Å². The predicted octanol–water partition coefficient (Wildman–Crippen LogP) is 5.78. The number of para-hydroxylation sites is 1. The molecule has 8 heteroatoms. The van der Waals surface area contributed by atoms with Crippen molar-refractivity contribution >= 4 is 16.8 Å². The van der Waals surface area contributed by atoms with Crippen molar-refractivity contribution in [1.29, 1.82) is 0 Å². The number of halogens is 2. The molecule has 0 saturated heterocycles. The van der Waals surface area contributed by atoms with Gasteiger partial charge in [0, 0.05) is 17.1 Å². The average molecular weight is 521 g/mol. The number of ether oxygens (including phenoxy) is 2.